The first-order valence-electron chi connectivity index (χ1n) is 5.13. The lowest BCUT2D eigenvalue weighted by molar-refractivity contribution is 0.416. The van der Waals surface area contributed by atoms with Gasteiger partial charge in [0.2, 0.25) is 5.82 Å². The minimum atomic E-state index is -0.868. The maximum Gasteiger partial charge on any atom is 0.287 e. The minimum Gasteiger partial charge on any atom is -0.496 e. The summed E-state index contributed by atoms with van der Waals surface area (Å²) in [6.07, 6.45) is 0. The molecular weight excluding hydrogens is 303 g/mol. The van der Waals surface area contributed by atoms with E-state index in [9.17, 15) is 9.18 Å². The molecule has 0 spiro atoms. The topological polar surface area (TPSA) is 55.0 Å². The van der Waals surface area contributed by atoms with Crippen molar-refractivity contribution in [2.45, 2.75) is 6.92 Å². The number of ether oxygens (including phenoxy) is 1. The predicted molar refractivity (Wildman–Crippen MR) is 69.2 cm³/mol. The van der Waals surface area contributed by atoms with Crippen molar-refractivity contribution in [1.82, 2.24) is 9.97 Å². The third-order valence-corrected chi connectivity index (χ3v) is 2.94. The van der Waals surface area contributed by atoms with Gasteiger partial charge in [0.1, 0.15) is 11.6 Å². The van der Waals surface area contributed by atoms with Gasteiger partial charge in [-0.25, -0.2) is 4.98 Å². The number of hydrogen-bond donors (Lipinski definition) is 1. The first kappa shape index (κ1) is 12.8. The second kappa shape index (κ2) is 4.89. The van der Waals surface area contributed by atoms with Crippen molar-refractivity contribution in [3.8, 4) is 17.1 Å². The Morgan fingerprint density at radius 2 is 2.17 bits per heavy atom. The maximum atomic E-state index is 13.2. The van der Waals surface area contributed by atoms with Crippen LogP contribution < -0.4 is 10.3 Å². The molecule has 1 aromatic heterocycles. The molecule has 94 valence electrons. The summed E-state index contributed by atoms with van der Waals surface area (Å²) < 4.78 is 19.2. The molecule has 0 aliphatic carbocycles. The molecule has 2 rings (SSSR count). The zero-order valence-corrected chi connectivity index (χ0v) is 11.3. The van der Waals surface area contributed by atoms with E-state index in [4.69, 9.17) is 4.74 Å². The van der Waals surface area contributed by atoms with Crippen molar-refractivity contribution in [1.29, 1.82) is 0 Å². The molecule has 0 amide bonds. The normalized spacial score (nSPS) is 10.4. The summed E-state index contributed by atoms with van der Waals surface area (Å²) in [5.74, 6) is -0.0443. The van der Waals surface area contributed by atoms with Crippen LogP contribution in [0.5, 0.6) is 5.75 Å². The highest BCUT2D eigenvalue weighted by molar-refractivity contribution is 9.10. The second-order valence-electron chi connectivity index (χ2n) is 3.66. The van der Waals surface area contributed by atoms with Crippen LogP contribution in [0.25, 0.3) is 11.4 Å². The van der Waals surface area contributed by atoms with E-state index in [1.54, 1.807) is 18.2 Å². The fourth-order valence-electron chi connectivity index (χ4n) is 1.56. The second-order valence-corrected chi connectivity index (χ2v) is 4.57. The zero-order valence-electron chi connectivity index (χ0n) is 9.75. The number of benzene rings is 1. The Morgan fingerprint density at radius 3 is 2.78 bits per heavy atom. The van der Waals surface area contributed by atoms with Gasteiger partial charge in [0.05, 0.1) is 18.4 Å². The zero-order chi connectivity index (χ0) is 13.3. The summed E-state index contributed by atoms with van der Waals surface area (Å²) in [6, 6.07) is 5.28. The Hall–Kier alpha value is -1.69. The fraction of sp³-hybridized carbons (Fsp3) is 0.167. The van der Waals surface area contributed by atoms with Crippen LogP contribution in [0.3, 0.4) is 0 Å². The number of aryl methyl sites for hydroxylation is 1. The Kier molecular flexibility index (Phi) is 3.47. The molecule has 4 nitrogen and oxygen atoms in total. The number of methoxy groups -OCH3 is 1. The van der Waals surface area contributed by atoms with Crippen molar-refractivity contribution in [2.24, 2.45) is 0 Å². The molecule has 0 aliphatic rings. The molecule has 0 unspecified atom stereocenters. The summed E-state index contributed by atoms with van der Waals surface area (Å²) >= 11 is 3.32. The van der Waals surface area contributed by atoms with Gasteiger partial charge >= 0.3 is 0 Å². The molecule has 0 saturated heterocycles. The lowest BCUT2D eigenvalue weighted by Crippen LogP contribution is -2.15. The van der Waals surface area contributed by atoms with Gasteiger partial charge in [-0.15, -0.1) is 0 Å². The maximum absolute atomic E-state index is 13.2. The van der Waals surface area contributed by atoms with Gasteiger partial charge in [-0.1, -0.05) is 15.9 Å². The molecule has 6 heteroatoms. The summed E-state index contributed by atoms with van der Waals surface area (Å²) in [6.45, 7) is 1.44. The molecule has 1 aromatic carbocycles. The number of nitrogens with zero attached hydrogens (tertiary/aromatic N) is 1. The standard InChI is InChI=1S/C12H10BrFN2O2/c1-6-10(14)12(17)16-11(15-6)8-5-7(13)3-4-9(8)18-2/h3-5H,1-2H3,(H,15,16,17). The molecule has 0 fully saturated rings. The summed E-state index contributed by atoms with van der Waals surface area (Å²) in [5.41, 5.74) is -0.151. The van der Waals surface area contributed by atoms with Crippen molar-refractivity contribution < 1.29 is 9.13 Å². The van der Waals surface area contributed by atoms with Crippen molar-refractivity contribution in [2.75, 3.05) is 7.11 Å². The van der Waals surface area contributed by atoms with Crippen LogP contribution in [0.1, 0.15) is 5.69 Å². The quantitative estimate of drug-likeness (QED) is 0.927. The van der Waals surface area contributed by atoms with Crippen LogP contribution >= 0.6 is 15.9 Å². The number of halogens is 2. The van der Waals surface area contributed by atoms with E-state index < -0.39 is 11.4 Å². The third-order valence-electron chi connectivity index (χ3n) is 2.45. The molecule has 1 N–H and O–H groups in total. The Labute approximate surface area is 111 Å². The molecule has 0 aliphatic heterocycles. The van der Waals surface area contributed by atoms with E-state index in [2.05, 4.69) is 25.9 Å². The Bertz CT molecular complexity index is 655. The third kappa shape index (κ3) is 2.28. The van der Waals surface area contributed by atoms with Crippen molar-refractivity contribution in [3.63, 3.8) is 0 Å². The van der Waals surface area contributed by atoms with Crippen LogP contribution in [0.4, 0.5) is 4.39 Å². The lowest BCUT2D eigenvalue weighted by Gasteiger charge is -2.09. The molecule has 0 saturated carbocycles. The van der Waals surface area contributed by atoms with Crippen LogP contribution in [-0.4, -0.2) is 17.1 Å². The van der Waals surface area contributed by atoms with Gasteiger partial charge in [0, 0.05) is 4.47 Å². The molecule has 2 aromatic rings. The number of aromatic nitrogens is 2. The fourth-order valence-corrected chi connectivity index (χ4v) is 1.93. The highest BCUT2D eigenvalue weighted by Gasteiger charge is 2.12. The van der Waals surface area contributed by atoms with Gasteiger partial charge in [0.25, 0.3) is 5.56 Å². The van der Waals surface area contributed by atoms with E-state index in [-0.39, 0.29) is 11.5 Å². The average molecular weight is 313 g/mol. The van der Waals surface area contributed by atoms with Crippen LogP contribution in [0.2, 0.25) is 0 Å². The molecule has 0 bridgehead atoms. The predicted octanol–water partition coefficient (Wildman–Crippen LogP) is 2.66. The summed E-state index contributed by atoms with van der Waals surface area (Å²) in [4.78, 5) is 17.8. The van der Waals surface area contributed by atoms with E-state index >= 15 is 0 Å². The van der Waals surface area contributed by atoms with Gasteiger partial charge in [0.15, 0.2) is 0 Å². The van der Waals surface area contributed by atoms with Gasteiger partial charge in [-0.3, -0.25) is 4.79 Å². The number of rotatable bonds is 2. The van der Waals surface area contributed by atoms with Crippen LogP contribution in [0.15, 0.2) is 27.5 Å². The smallest absolute Gasteiger partial charge is 0.287 e. The summed E-state index contributed by atoms with van der Waals surface area (Å²) in [5, 5.41) is 0. The number of hydrogen-bond acceptors (Lipinski definition) is 3. The number of aromatic amines is 1. The monoisotopic (exact) mass is 312 g/mol. The summed E-state index contributed by atoms with van der Waals surface area (Å²) in [7, 11) is 1.52. The average Bonchev–Trinajstić information content (AvgIpc) is 2.35. The molecule has 1 heterocycles. The minimum absolute atomic E-state index is 0.0516. The van der Waals surface area contributed by atoms with Gasteiger partial charge in [-0.2, -0.15) is 4.39 Å². The van der Waals surface area contributed by atoms with E-state index in [0.29, 0.717) is 11.3 Å². The first-order chi connectivity index (χ1) is 8.52. The van der Waals surface area contributed by atoms with Crippen molar-refractivity contribution >= 4 is 15.9 Å². The highest BCUT2D eigenvalue weighted by atomic mass is 79.9. The highest BCUT2D eigenvalue weighted by Crippen LogP contribution is 2.30. The number of nitrogens with one attached hydrogen (secondary N) is 1. The molecular formula is C12H10BrFN2O2. The Morgan fingerprint density at radius 1 is 1.44 bits per heavy atom. The van der Waals surface area contributed by atoms with E-state index in [0.717, 1.165) is 4.47 Å². The molecule has 0 radical (unpaired) electrons. The van der Waals surface area contributed by atoms with Gasteiger partial charge < -0.3 is 9.72 Å². The van der Waals surface area contributed by atoms with E-state index in [1.165, 1.54) is 14.0 Å². The van der Waals surface area contributed by atoms with Gasteiger partial charge in [-0.05, 0) is 25.1 Å². The Balaban J connectivity index is 2.69. The van der Waals surface area contributed by atoms with Crippen LogP contribution in [-0.2, 0) is 0 Å². The van der Waals surface area contributed by atoms with Crippen LogP contribution in [0, 0.1) is 12.7 Å². The first-order valence-corrected chi connectivity index (χ1v) is 5.92. The lowest BCUT2D eigenvalue weighted by atomic mass is 10.2. The SMILES string of the molecule is COc1ccc(Br)cc1-c1nc(C)c(F)c(=O)[nH]1. The van der Waals surface area contributed by atoms with Crippen molar-refractivity contribution in [3.05, 3.63) is 44.5 Å². The largest absolute Gasteiger partial charge is 0.496 e. The number of H-pyrrole nitrogens is 1. The molecule has 0 atom stereocenters. The van der Waals surface area contributed by atoms with E-state index in [1.807, 2.05) is 0 Å². The molecule has 18 heavy (non-hydrogen) atoms.